The highest BCUT2D eigenvalue weighted by molar-refractivity contribution is 6.15. The van der Waals surface area contributed by atoms with E-state index in [1.807, 2.05) is 4.90 Å². The van der Waals surface area contributed by atoms with E-state index in [1.165, 1.54) is 6.07 Å². The van der Waals surface area contributed by atoms with Gasteiger partial charge < -0.3 is 20.3 Å². The highest BCUT2D eigenvalue weighted by Crippen LogP contribution is 2.50. The number of rotatable bonds is 5. The number of hydrogen-bond donors (Lipinski definition) is 2. The summed E-state index contributed by atoms with van der Waals surface area (Å²) in [6, 6.07) is 4.99. The van der Waals surface area contributed by atoms with Gasteiger partial charge in [-0.1, -0.05) is 6.92 Å². The van der Waals surface area contributed by atoms with Crippen molar-refractivity contribution in [3.63, 3.8) is 0 Å². The number of fused-ring (bicyclic) bond motifs is 1. The average Bonchev–Trinajstić information content (AvgIpc) is 3.22. The fourth-order valence-electron chi connectivity index (χ4n) is 6.07. The molecule has 6 rings (SSSR count). The Hall–Kier alpha value is -3.27. The van der Waals surface area contributed by atoms with Crippen molar-refractivity contribution in [2.75, 3.05) is 48.0 Å². The van der Waals surface area contributed by atoms with Crippen LogP contribution in [-0.2, 0) is 20.7 Å². The Morgan fingerprint density at radius 1 is 1.19 bits per heavy atom. The molecule has 1 aromatic heterocycles. The lowest BCUT2D eigenvalue weighted by atomic mass is 9.69. The number of aromatic nitrogens is 2. The smallest absolute Gasteiger partial charge is 0.244 e. The molecule has 3 fully saturated rings. The van der Waals surface area contributed by atoms with Gasteiger partial charge in [0.15, 0.2) is 0 Å². The fourth-order valence-corrected chi connectivity index (χ4v) is 6.07. The molecule has 2 aromatic rings. The van der Waals surface area contributed by atoms with Crippen molar-refractivity contribution in [2.45, 2.75) is 51.0 Å². The zero-order valence-corrected chi connectivity index (χ0v) is 20.5. The number of benzene rings is 1. The van der Waals surface area contributed by atoms with E-state index >= 15 is 0 Å². The van der Waals surface area contributed by atoms with Crippen molar-refractivity contribution >= 4 is 35.0 Å². The first kappa shape index (κ1) is 23.1. The Morgan fingerprint density at radius 3 is 2.64 bits per heavy atom. The van der Waals surface area contributed by atoms with Crippen molar-refractivity contribution in [3.8, 4) is 0 Å². The molecule has 4 heterocycles. The second-order valence-corrected chi connectivity index (χ2v) is 10.3. The first-order chi connectivity index (χ1) is 17.5. The van der Waals surface area contributed by atoms with E-state index in [9.17, 15) is 14.0 Å². The van der Waals surface area contributed by atoms with Crippen LogP contribution >= 0.6 is 0 Å². The number of nitrogens with zero attached hydrogens (tertiary/aromatic N) is 4. The molecule has 3 aliphatic heterocycles. The van der Waals surface area contributed by atoms with Gasteiger partial charge in [0.25, 0.3) is 0 Å². The SMILES string of the molecule is CCC1(N2C(=O)[C@]3(CCNC3=O)Cc3cnc(Nc4ccc(N5CCOCC5)c(F)c4)nc32)CCC1. The molecule has 2 amide bonds. The van der Waals surface area contributed by atoms with E-state index in [4.69, 9.17) is 9.72 Å². The molecule has 0 radical (unpaired) electrons. The van der Waals surface area contributed by atoms with Gasteiger partial charge in [0.2, 0.25) is 17.8 Å². The third-order valence-corrected chi connectivity index (χ3v) is 8.40. The Labute approximate surface area is 209 Å². The first-order valence-corrected chi connectivity index (χ1v) is 12.8. The Kier molecular flexibility index (Phi) is 5.59. The standard InChI is InChI=1S/C26H31FN6O3/c1-2-25(6-3-7-25)33-21-17(15-26(23(33)35)8-9-28-22(26)34)16-29-24(31-21)30-18-4-5-20(19(27)14-18)32-10-12-36-13-11-32/h4-5,14,16H,2-3,6-13,15H2,1H3,(H,28,34)(H,29,30,31)/t26-/m1/s1. The van der Waals surface area contributed by atoms with E-state index in [-0.39, 0.29) is 23.2 Å². The topological polar surface area (TPSA) is 99.7 Å². The zero-order chi connectivity index (χ0) is 24.9. The van der Waals surface area contributed by atoms with Gasteiger partial charge in [0.1, 0.15) is 17.1 Å². The molecule has 190 valence electrons. The first-order valence-electron chi connectivity index (χ1n) is 12.8. The maximum absolute atomic E-state index is 14.9. The second-order valence-electron chi connectivity index (χ2n) is 10.3. The van der Waals surface area contributed by atoms with E-state index in [0.29, 0.717) is 68.8 Å². The van der Waals surface area contributed by atoms with Crippen molar-refractivity contribution in [2.24, 2.45) is 5.41 Å². The van der Waals surface area contributed by atoms with Crippen LogP contribution in [0.5, 0.6) is 0 Å². The van der Waals surface area contributed by atoms with Gasteiger partial charge >= 0.3 is 0 Å². The molecule has 36 heavy (non-hydrogen) atoms. The van der Waals surface area contributed by atoms with Crippen LogP contribution in [-0.4, -0.2) is 60.2 Å². The molecule has 1 aliphatic carbocycles. The van der Waals surface area contributed by atoms with Gasteiger partial charge in [-0.3, -0.25) is 14.5 Å². The highest BCUT2D eigenvalue weighted by atomic mass is 19.1. The number of carbonyl (C=O) groups excluding carboxylic acids is 2. The van der Waals surface area contributed by atoms with Crippen LogP contribution in [0.3, 0.4) is 0 Å². The molecule has 1 atom stereocenters. The second kappa shape index (κ2) is 8.69. The van der Waals surface area contributed by atoms with Crippen LogP contribution in [0.1, 0.15) is 44.6 Å². The highest BCUT2D eigenvalue weighted by Gasteiger charge is 2.59. The predicted molar refractivity (Wildman–Crippen MR) is 133 cm³/mol. The van der Waals surface area contributed by atoms with Crippen LogP contribution in [0.4, 0.5) is 27.5 Å². The number of morpholine rings is 1. The van der Waals surface area contributed by atoms with Gasteiger partial charge in [0, 0.05) is 49.0 Å². The summed E-state index contributed by atoms with van der Waals surface area (Å²) in [6.45, 7) is 5.06. The van der Waals surface area contributed by atoms with Crippen LogP contribution in [0.2, 0.25) is 0 Å². The molecule has 1 spiro atoms. The number of amides is 2. The molecule has 0 unspecified atom stereocenters. The summed E-state index contributed by atoms with van der Waals surface area (Å²) < 4.78 is 20.3. The Bertz CT molecular complexity index is 1210. The van der Waals surface area contributed by atoms with Gasteiger partial charge in [-0.25, -0.2) is 9.37 Å². The molecule has 9 nitrogen and oxygen atoms in total. The fraction of sp³-hybridized carbons (Fsp3) is 0.538. The summed E-state index contributed by atoms with van der Waals surface area (Å²) in [5, 5.41) is 5.97. The van der Waals surface area contributed by atoms with E-state index < -0.39 is 5.41 Å². The summed E-state index contributed by atoms with van der Waals surface area (Å²) >= 11 is 0. The van der Waals surface area contributed by atoms with Gasteiger partial charge in [-0.15, -0.1) is 0 Å². The molecule has 2 saturated heterocycles. The quantitative estimate of drug-likeness (QED) is 0.617. The largest absolute Gasteiger partial charge is 0.378 e. The maximum Gasteiger partial charge on any atom is 0.244 e. The van der Waals surface area contributed by atoms with Crippen LogP contribution in [0, 0.1) is 11.2 Å². The molecular weight excluding hydrogens is 463 g/mol. The van der Waals surface area contributed by atoms with Crippen molar-refractivity contribution in [1.29, 1.82) is 0 Å². The number of nitrogens with one attached hydrogen (secondary N) is 2. The maximum atomic E-state index is 14.9. The third kappa shape index (κ3) is 3.53. The minimum absolute atomic E-state index is 0.155. The van der Waals surface area contributed by atoms with Crippen LogP contribution in [0.15, 0.2) is 24.4 Å². The lowest BCUT2D eigenvalue weighted by molar-refractivity contribution is -0.141. The summed E-state index contributed by atoms with van der Waals surface area (Å²) in [7, 11) is 0. The molecular formula is C26H31FN6O3. The molecule has 4 aliphatic rings. The number of ether oxygens (including phenoxy) is 1. The number of halogens is 1. The molecule has 1 aromatic carbocycles. The lowest BCUT2D eigenvalue weighted by Crippen LogP contribution is -2.64. The normalized spacial score (nSPS) is 24.9. The van der Waals surface area contributed by atoms with Crippen molar-refractivity contribution < 1.29 is 18.7 Å². The van der Waals surface area contributed by atoms with Gasteiger partial charge in [0.05, 0.1) is 18.9 Å². The minimum Gasteiger partial charge on any atom is -0.378 e. The summed E-state index contributed by atoms with van der Waals surface area (Å²) in [5.41, 5.74) is 0.452. The molecule has 0 bridgehead atoms. The van der Waals surface area contributed by atoms with E-state index in [2.05, 4.69) is 22.5 Å². The number of carbonyl (C=O) groups is 2. The lowest BCUT2D eigenvalue weighted by Gasteiger charge is -2.53. The molecule has 2 N–H and O–H groups in total. The number of hydrogen-bond acceptors (Lipinski definition) is 7. The Morgan fingerprint density at radius 2 is 2.00 bits per heavy atom. The molecule has 10 heteroatoms. The number of anilines is 4. The van der Waals surface area contributed by atoms with E-state index in [0.717, 1.165) is 31.2 Å². The van der Waals surface area contributed by atoms with Crippen molar-refractivity contribution in [1.82, 2.24) is 15.3 Å². The summed E-state index contributed by atoms with van der Waals surface area (Å²) in [5.74, 6) is 0.173. The monoisotopic (exact) mass is 494 g/mol. The predicted octanol–water partition coefficient (Wildman–Crippen LogP) is 2.92. The zero-order valence-electron chi connectivity index (χ0n) is 20.5. The van der Waals surface area contributed by atoms with Gasteiger partial charge in [-0.2, -0.15) is 4.98 Å². The van der Waals surface area contributed by atoms with Crippen LogP contribution < -0.4 is 20.4 Å². The minimum atomic E-state index is -1.08. The van der Waals surface area contributed by atoms with Crippen LogP contribution in [0.25, 0.3) is 0 Å². The Balaban J connectivity index is 1.33. The van der Waals surface area contributed by atoms with Crippen molar-refractivity contribution in [3.05, 3.63) is 35.8 Å². The summed E-state index contributed by atoms with van der Waals surface area (Å²) in [4.78, 5) is 39.8. The third-order valence-electron chi connectivity index (χ3n) is 8.40. The average molecular weight is 495 g/mol. The van der Waals surface area contributed by atoms with Gasteiger partial charge in [-0.05, 0) is 50.3 Å². The molecule has 1 saturated carbocycles. The summed E-state index contributed by atoms with van der Waals surface area (Å²) in [6.07, 6.45) is 6.08. The van der Waals surface area contributed by atoms with E-state index in [1.54, 1.807) is 23.2 Å².